The largest absolute Gasteiger partial charge is 0.490 e. The number of sulfonamides is 1. The number of aliphatic hydroxyl groups excluding tert-OH is 1. The highest BCUT2D eigenvalue weighted by Gasteiger charge is 2.51. The van der Waals surface area contributed by atoms with Crippen molar-refractivity contribution in [1.82, 2.24) is 4.72 Å². The Kier molecular flexibility index (Phi) is 15.6. The Hall–Kier alpha value is -4.19. The Bertz CT molecular complexity index is 2370. The van der Waals surface area contributed by atoms with Gasteiger partial charge < -0.3 is 19.2 Å². The van der Waals surface area contributed by atoms with E-state index >= 15 is 0 Å². The van der Waals surface area contributed by atoms with Gasteiger partial charge in [-0.25, -0.2) is 13.1 Å². The van der Waals surface area contributed by atoms with Crippen LogP contribution in [0.25, 0.3) is 0 Å². The first-order valence-electron chi connectivity index (χ1n) is 23.7. The molecule has 3 aliphatic rings. The van der Waals surface area contributed by atoms with E-state index in [1.54, 1.807) is 18.2 Å². The highest BCUT2D eigenvalue weighted by Crippen LogP contribution is 2.47. The first-order chi connectivity index (χ1) is 31.1. The molecule has 2 N–H and O–H groups in total. The molecule has 0 unspecified atom stereocenters. The third-order valence-corrected chi connectivity index (χ3v) is 21.4. The van der Waals surface area contributed by atoms with Gasteiger partial charge in [0, 0.05) is 35.2 Å². The summed E-state index contributed by atoms with van der Waals surface area (Å²) in [4.78, 5) is 16.7. The smallest absolute Gasteiger partial charge is 0.264 e. The second-order valence-electron chi connectivity index (χ2n) is 19.8. The molecule has 4 aromatic carbocycles. The van der Waals surface area contributed by atoms with Crippen LogP contribution >= 0.6 is 11.6 Å². The fraction of sp³-hybridized carbons (Fsp3) is 0.463. The number of allylic oxidation sites excluding steroid dienone is 2. The maximum Gasteiger partial charge on any atom is 0.264 e. The highest BCUT2D eigenvalue weighted by molar-refractivity contribution is 7.90. The van der Waals surface area contributed by atoms with E-state index in [0.29, 0.717) is 31.9 Å². The van der Waals surface area contributed by atoms with E-state index < -0.39 is 41.7 Å². The Morgan fingerprint density at radius 2 is 1.74 bits per heavy atom. The number of aryl methyl sites for hydroxylation is 1. The minimum absolute atomic E-state index is 0.122. The van der Waals surface area contributed by atoms with Crippen molar-refractivity contribution in [3.8, 4) is 5.75 Å². The van der Waals surface area contributed by atoms with Crippen molar-refractivity contribution in [3.63, 3.8) is 0 Å². The molecule has 0 aromatic heterocycles. The molecule has 65 heavy (non-hydrogen) atoms. The summed E-state index contributed by atoms with van der Waals surface area (Å²) in [7, 11) is -7.19. The third kappa shape index (κ3) is 10.7. The van der Waals surface area contributed by atoms with Crippen molar-refractivity contribution in [3.05, 3.63) is 144 Å². The van der Waals surface area contributed by atoms with E-state index in [2.05, 4.69) is 86.4 Å². The average Bonchev–Trinajstić information content (AvgIpc) is 3.42. The van der Waals surface area contributed by atoms with Crippen molar-refractivity contribution in [2.24, 2.45) is 11.8 Å². The number of benzene rings is 4. The van der Waals surface area contributed by atoms with Gasteiger partial charge in [-0.2, -0.15) is 0 Å². The molecule has 8 nitrogen and oxygen atoms in total. The number of carbonyl (C=O) groups excluding carboxylic acids is 1. The number of ether oxygens (including phenoxy) is 1. The number of nitrogens with one attached hydrogen (secondary N) is 1. The minimum atomic E-state index is -4.20. The molecule has 0 radical (unpaired) electrons. The van der Waals surface area contributed by atoms with Gasteiger partial charge >= 0.3 is 0 Å². The summed E-state index contributed by atoms with van der Waals surface area (Å²) in [5.74, 6) is 0.312. The van der Waals surface area contributed by atoms with Crippen LogP contribution in [0.5, 0.6) is 5.75 Å². The summed E-state index contributed by atoms with van der Waals surface area (Å²) in [6, 6.07) is 32.1. The van der Waals surface area contributed by atoms with Crippen molar-refractivity contribution < 1.29 is 27.5 Å². The van der Waals surface area contributed by atoms with Crippen molar-refractivity contribution in [1.29, 1.82) is 0 Å². The number of amides is 1. The minimum Gasteiger partial charge on any atom is -0.490 e. The van der Waals surface area contributed by atoms with Crippen molar-refractivity contribution in [2.45, 2.75) is 127 Å². The lowest BCUT2D eigenvalue weighted by Gasteiger charge is -2.45. The van der Waals surface area contributed by atoms with E-state index in [4.69, 9.17) is 20.8 Å². The van der Waals surface area contributed by atoms with Crippen LogP contribution in [0.15, 0.2) is 122 Å². The Labute approximate surface area is 394 Å². The number of unbranched alkanes of at least 4 members (excludes halogenated alkanes) is 1. The van der Waals surface area contributed by atoms with Gasteiger partial charge in [0.1, 0.15) is 5.75 Å². The fourth-order valence-corrected chi connectivity index (χ4v) is 17.2. The monoisotopic (exact) mass is 936 g/mol. The summed E-state index contributed by atoms with van der Waals surface area (Å²) < 4.78 is 45.6. The Morgan fingerprint density at radius 1 is 1.03 bits per heavy atom. The van der Waals surface area contributed by atoms with Crippen LogP contribution in [-0.4, -0.2) is 64.9 Å². The van der Waals surface area contributed by atoms with E-state index in [1.165, 1.54) is 11.1 Å². The molecule has 4 aromatic rings. The van der Waals surface area contributed by atoms with Crippen LogP contribution in [0.2, 0.25) is 10.1 Å². The van der Waals surface area contributed by atoms with Gasteiger partial charge in [-0.05, 0) is 133 Å². The van der Waals surface area contributed by atoms with Gasteiger partial charge in [-0.3, -0.25) is 4.79 Å². The third-order valence-electron chi connectivity index (χ3n) is 14.2. The molecule has 11 heteroatoms. The molecule has 7 rings (SSSR count). The quantitative estimate of drug-likeness (QED) is 0.0756. The van der Waals surface area contributed by atoms with Crippen LogP contribution < -0.4 is 24.7 Å². The van der Waals surface area contributed by atoms with Crippen LogP contribution in [0.3, 0.4) is 0 Å². The predicted octanol–water partition coefficient (Wildman–Crippen LogP) is 10.3. The van der Waals surface area contributed by atoms with E-state index in [1.807, 2.05) is 61.5 Å². The summed E-state index contributed by atoms with van der Waals surface area (Å²) >= 11 is 6.51. The second kappa shape index (κ2) is 20.8. The first-order valence-corrected chi connectivity index (χ1v) is 27.5. The van der Waals surface area contributed by atoms with E-state index in [-0.39, 0.29) is 40.7 Å². The van der Waals surface area contributed by atoms with Crippen LogP contribution in [0, 0.1) is 11.8 Å². The molecule has 1 aliphatic heterocycles. The molecule has 1 amide bonds. The lowest BCUT2D eigenvalue weighted by Crippen LogP contribution is -2.67. The van der Waals surface area contributed by atoms with Gasteiger partial charge in [-0.1, -0.05) is 131 Å². The van der Waals surface area contributed by atoms with Gasteiger partial charge in [0.2, 0.25) is 10.0 Å². The number of carbonyl (C=O) groups is 1. The fourth-order valence-electron chi connectivity index (χ4n) is 10.7. The molecule has 2 aliphatic carbocycles. The standard InChI is InChI=1S/C54H69ClN2O6SSi/c1-7-9-13-25-50(58)47-29-26-42(47)36-57-37-54(32-18-19-40-34-43(55)28-30-48(40)54)38-62-51-31-27-41(35-49(51)57)52(59)56-64(60,61)44(20-10-8-2)33-39(3)63-65(53(4,5)6,45-21-14-11-15-22-45)46-23-16-12-17-24-46/h8,11-17,21-25,27-28,30-31,34-35,39,42,44,47,50,58H,2,7,9-10,18-20,26,29,32-33,36-38H2,1,3-6H3,(H,56,59)/b25-13+/t39-,42-,44-,47+,50-,54-/m0/s1. The maximum atomic E-state index is 14.5. The molecule has 1 fully saturated rings. The summed E-state index contributed by atoms with van der Waals surface area (Å²) in [6.07, 6.45) is 12.4. The number of anilines is 1. The molecule has 1 spiro atoms. The first kappa shape index (κ1) is 48.7. The normalized spacial score (nSPS) is 21.3. The van der Waals surface area contributed by atoms with E-state index in [9.17, 15) is 18.3 Å². The lowest BCUT2D eigenvalue weighted by atomic mass is 9.68. The second-order valence-corrected chi connectivity index (χ2v) is 26.4. The number of nitrogens with zero attached hydrogens (tertiary/aromatic N) is 1. The molecule has 1 heterocycles. The lowest BCUT2D eigenvalue weighted by molar-refractivity contribution is 0.0456. The van der Waals surface area contributed by atoms with Gasteiger partial charge in [0.05, 0.1) is 23.6 Å². The number of aliphatic hydroxyl groups is 1. The molecular weight excluding hydrogens is 868 g/mol. The average molecular weight is 938 g/mol. The van der Waals surface area contributed by atoms with Crippen molar-refractivity contribution >= 4 is 51.9 Å². The zero-order valence-electron chi connectivity index (χ0n) is 39.0. The summed E-state index contributed by atoms with van der Waals surface area (Å²) in [5, 5.41) is 13.0. The zero-order chi connectivity index (χ0) is 46.4. The van der Waals surface area contributed by atoms with Gasteiger partial charge in [0.15, 0.2) is 0 Å². The van der Waals surface area contributed by atoms with Crippen LogP contribution in [-0.2, 0) is 26.3 Å². The number of halogens is 1. The molecule has 0 saturated heterocycles. The van der Waals surface area contributed by atoms with Crippen LogP contribution in [0.4, 0.5) is 5.69 Å². The van der Waals surface area contributed by atoms with E-state index in [0.717, 1.165) is 66.0 Å². The number of fused-ring (bicyclic) bond motifs is 3. The topological polar surface area (TPSA) is 105 Å². The molecule has 348 valence electrons. The van der Waals surface area contributed by atoms with Crippen molar-refractivity contribution in [2.75, 3.05) is 24.6 Å². The number of hydrogen-bond acceptors (Lipinski definition) is 7. The SMILES string of the molecule is C=CCC[C@@H](C[C@H](C)O[Si](c1ccccc1)(c1ccccc1)C(C)(C)C)S(=O)(=O)NC(=O)c1ccc2c(c1)N(C[C@@H]1CC[C@H]1[C@@H](O)/C=C/CCC)C[C@@]1(CCCc3cc(Cl)ccc31)CO2. The molecule has 0 bridgehead atoms. The number of rotatable bonds is 18. The molecule has 1 saturated carbocycles. The summed E-state index contributed by atoms with van der Waals surface area (Å²) in [5.41, 5.74) is 3.14. The summed E-state index contributed by atoms with van der Waals surface area (Å²) in [6.45, 7) is 16.4. The Morgan fingerprint density at radius 3 is 2.37 bits per heavy atom. The predicted molar refractivity (Wildman–Crippen MR) is 269 cm³/mol. The maximum absolute atomic E-state index is 14.5. The van der Waals surface area contributed by atoms with Crippen LogP contribution in [0.1, 0.15) is 114 Å². The molecule has 6 atom stereocenters. The number of hydrogen-bond donors (Lipinski definition) is 2. The zero-order valence-corrected chi connectivity index (χ0v) is 41.6. The van der Waals surface area contributed by atoms with Gasteiger partial charge in [0.25, 0.3) is 14.2 Å². The Balaban J connectivity index is 1.17. The molecular formula is C54H69ClN2O6SSi. The van der Waals surface area contributed by atoms with Gasteiger partial charge in [-0.15, -0.1) is 6.58 Å². The highest BCUT2D eigenvalue weighted by atomic mass is 35.5.